The van der Waals surface area contributed by atoms with Crippen LogP contribution in [0.1, 0.15) is 0 Å². The zero-order valence-electron chi connectivity index (χ0n) is 4.50. The average molecular weight is 231 g/mol. The summed E-state index contributed by atoms with van der Waals surface area (Å²) in [4.78, 5) is 25.6. The fraction of sp³-hybridized carbons (Fsp3) is 0. The minimum atomic E-state index is -5.39. The van der Waals surface area contributed by atoms with E-state index in [2.05, 4.69) is 0 Å². The summed E-state index contributed by atoms with van der Waals surface area (Å²) in [5, 5.41) is 0. The molecule has 1 radical (unpaired) electrons. The van der Waals surface area contributed by atoms with Gasteiger partial charge in [0.15, 0.2) is 0 Å². The van der Waals surface area contributed by atoms with Crippen molar-refractivity contribution in [2.75, 3.05) is 0 Å². The van der Waals surface area contributed by atoms with Crippen LogP contribution in [-0.2, 0) is 21.3 Å². The average Bonchev–Trinajstić information content (AvgIpc) is 0.722. The van der Waals surface area contributed by atoms with E-state index in [1.54, 1.807) is 0 Å². The second kappa shape index (κ2) is 12.4. The molecule has 5 nitrogen and oxygen atoms in total. The molecule has 0 aliphatic rings. The molecule has 0 atom stereocenters. The van der Waals surface area contributed by atoms with Gasteiger partial charge in [-0.3, -0.25) is 0 Å². The fourth-order valence-electron chi connectivity index (χ4n) is 0. The molecule has 0 fully saturated rings. The first kappa shape index (κ1) is 30.9. The second-order valence-electron chi connectivity index (χ2n) is 0.447. The minimum Gasteiger partial charge on any atom is -1.00 e. The van der Waals surface area contributed by atoms with Crippen molar-refractivity contribution < 1.29 is 40.7 Å². The molecule has 0 rings (SSSR count). The molecular weight excluding hydrogens is 227 g/mol. The van der Waals surface area contributed by atoms with Crippen molar-refractivity contribution >= 4 is 45.6 Å². The number of hydrogen-bond donors (Lipinski definition) is 1. The summed E-state index contributed by atoms with van der Waals surface area (Å²) in [6, 6.07) is 0. The largest absolute Gasteiger partial charge is 2.00 e. The number of rotatable bonds is 0. The van der Waals surface area contributed by atoms with Crippen LogP contribution in [0.15, 0.2) is 0 Å². The van der Waals surface area contributed by atoms with Crippen LogP contribution >= 0.6 is 7.82 Å². The van der Waals surface area contributed by atoms with E-state index in [1.807, 2.05) is 0 Å². The monoisotopic (exact) mass is 231 g/mol. The molecule has 0 bridgehead atoms. The molecule has 0 spiro atoms. The van der Waals surface area contributed by atoms with Crippen molar-refractivity contribution in [3.05, 3.63) is 0 Å². The zero-order chi connectivity index (χ0) is 4.50. The maximum atomic E-state index is 8.55. The van der Waals surface area contributed by atoms with Gasteiger partial charge >= 0.3 is 54.5 Å². The van der Waals surface area contributed by atoms with Gasteiger partial charge in [0.2, 0.25) is 0 Å². The summed E-state index contributed by atoms with van der Waals surface area (Å²) >= 11 is 0. The van der Waals surface area contributed by atoms with E-state index in [1.165, 1.54) is 0 Å². The predicted octanol–water partition coefficient (Wildman–Crippen LogP) is -5.83. The van der Waals surface area contributed by atoms with Gasteiger partial charge in [0.1, 0.15) is 0 Å². The van der Waals surface area contributed by atoms with E-state index < -0.39 is 7.82 Å². The summed E-state index contributed by atoms with van der Waals surface area (Å²) in [5.41, 5.74) is 0. The first-order valence-corrected chi connectivity index (χ1v) is 2.19. The van der Waals surface area contributed by atoms with Gasteiger partial charge in [-0.15, -0.1) is 0 Å². The molecule has 0 aliphatic carbocycles. The van der Waals surface area contributed by atoms with Crippen LogP contribution in [-0.4, -0.2) is 37.7 Å². The second-order valence-corrected chi connectivity index (χ2v) is 1.34. The molecule has 55 valence electrons. The van der Waals surface area contributed by atoms with E-state index in [0.29, 0.717) is 0 Å². The SMILES string of the molecule is O=P([O-])([O-])[O-].[Ca+2].[Co+2].[F-].[NH4+]. The normalized spacial score (nSPS) is 6.56. The molecular formula is H4CaCoFNO4P+. The van der Waals surface area contributed by atoms with Crippen LogP contribution in [0, 0.1) is 0 Å². The number of hydrogen-bond acceptors (Lipinski definition) is 4. The molecule has 0 heterocycles. The van der Waals surface area contributed by atoms with Crippen LogP contribution in [0.5, 0.6) is 0 Å². The maximum Gasteiger partial charge on any atom is 2.00 e. The molecule has 0 saturated heterocycles. The summed E-state index contributed by atoms with van der Waals surface area (Å²) in [5.74, 6) is 0. The molecule has 9 heteroatoms. The summed E-state index contributed by atoms with van der Waals surface area (Å²) in [6.07, 6.45) is 0. The Morgan fingerprint density at radius 1 is 1.11 bits per heavy atom. The molecule has 0 amide bonds. The number of quaternary nitrogens is 1. The van der Waals surface area contributed by atoms with Gasteiger partial charge in [0, 0.05) is 0 Å². The van der Waals surface area contributed by atoms with Crippen molar-refractivity contribution in [3.8, 4) is 0 Å². The van der Waals surface area contributed by atoms with Crippen LogP contribution < -0.4 is 25.5 Å². The van der Waals surface area contributed by atoms with Crippen molar-refractivity contribution in [2.45, 2.75) is 0 Å². The Morgan fingerprint density at radius 2 is 1.11 bits per heavy atom. The third kappa shape index (κ3) is 189. The van der Waals surface area contributed by atoms with E-state index in [-0.39, 0.29) is 65.4 Å². The van der Waals surface area contributed by atoms with Gasteiger partial charge in [0.25, 0.3) is 0 Å². The molecule has 0 aromatic heterocycles. The Bertz CT molecular complexity index is 66.7. The molecule has 0 aliphatic heterocycles. The number of phosphoric acid groups is 1. The van der Waals surface area contributed by atoms with Crippen LogP contribution in [0.25, 0.3) is 0 Å². The minimum absolute atomic E-state index is 0. The van der Waals surface area contributed by atoms with Gasteiger partial charge in [0.05, 0.1) is 0 Å². The first-order valence-electron chi connectivity index (χ1n) is 0.730. The quantitative estimate of drug-likeness (QED) is 0.329. The van der Waals surface area contributed by atoms with E-state index in [9.17, 15) is 0 Å². The third-order valence-electron chi connectivity index (χ3n) is 0. The van der Waals surface area contributed by atoms with Crippen LogP contribution in [0.4, 0.5) is 0 Å². The molecule has 9 heavy (non-hydrogen) atoms. The Balaban J connectivity index is -0.0000000133. The van der Waals surface area contributed by atoms with E-state index >= 15 is 0 Å². The van der Waals surface area contributed by atoms with Crippen molar-refractivity contribution in [3.63, 3.8) is 0 Å². The predicted molar refractivity (Wildman–Crippen MR) is 19.3 cm³/mol. The number of halogens is 1. The van der Waals surface area contributed by atoms with Gasteiger partial charge in [-0.2, -0.15) is 7.82 Å². The fourth-order valence-corrected chi connectivity index (χ4v) is 0. The molecule has 0 saturated carbocycles. The van der Waals surface area contributed by atoms with Crippen molar-refractivity contribution in [2.24, 2.45) is 0 Å². The van der Waals surface area contributed by atoms with Crippen LogP contribution in [0.3, 0.4) is 0 Å². The Kier molecular flexibility index (Phi) is 42.7. The molecule has 0 unspecified atom stereocenters. The third-order valence-corrected chi connectivity index (χ3v) is 0. The Hall–Kier alpha value is 1.77. The first-order chi connectivity index (χ1) is 2.00. The zero-order valence-corrected chi connectivity index (χ0v) is 8.64. The molecule has 0 aromatic rings. The van der Waals surface area contributed by atoms with E-state index in [0.717, 1.165) is 0 Å². The van der Waals surface area contributed by atoms with Gasteiger partial charge in [-0.1, -0.05) is 0 Å². The van der Waals surface area contributed by atoms with Gasteiger partial charge < -0.3 is 30.1 Å². The van der Waals surface area contributed by atoms with Crippen LogP contribution in [0.2, 0.25) is 0 Å². The Labute approximate surface area is 91.6 Å². The summed E-state index contributed by atoms with van der Waals surface area (Å²) in [6.45, 7) is 0. The summed E-state index contributed by atoms with van der Waals surface area (Å²) in [7, 11) is -5.39. The Morgan fingerprint density at radius 3 is 1.11 bits per heavy atom. The van der Waals surface area contributed by atoms with E-state index in [4.69, 9.17) is 19.2 Å². The van der Waals surface area contributed by atoms with Gasteiger partial charge in [-0.25, -0.2) is 0 Å². The molecule has 4 N–H and O–H groups in total. The topological polar surface area (TPSA) is 123 Å². The van der Waals surface area contributed by atoms with Gasteiger partial charge in [-0.05, 0) is 0 Å². The van der Waals surface area contributed by atoms with Crippen molar-refractivity contribution in [1.82, 2.24) is 6.15 Å². The smallest absolute Gasteiger partial charge is 1.00 e. The van der Waals surface area contributed by atoms with Crippen molar-refractivity contribution in [1.29, 1.82) is 0 Å². The standard InChI is InChI=1S/Ca.Co.FH.H3N.H3O4P/c;;;;1-5(2,3)4/h;;1H;1H3;(H3,1,2,3,4)/q2*+2;;;/p-3. The summed E-state index contributed by atoms with van der Waals surface area (Å²) < 4.78 is 8.55. The molecule has 0 aromatic carbocycles. The maximum absolute atomic E-state index is 8.55.